The molecule has 5 aromatic rings. The van der Waals surface area contributed by atoms with Gasteiger partial charge >= 0.3 is 5.97 Å². The quantitative estimate of drug-likeness (QED) is 0.162. The van der Waals surface area contributed by atoms with Gasteiger partial charge in [-0.05, 0) is 49.2 Å². The molecule has 43 heavy (non-hydrogen) atoms. The Hall–Kier alpha value is -4.89. The first-order valence-electron chi connectivity index (χ1n) is 13.9. The van der Waals surface area contributed by atoms with Crippen molar-refractivity contribution in [1.29, 1.82) is 0 Å². The fourth-order valence-corrected chi connectivity index (χ4v) is 5.69. The first-order valence-corrected chi connectivity index (χ1v) is 14.8. The molecule has 2 heterocycles. The number of aryl methyl sites for hydroxylation is 2. The predicted molar refractivity (Wildman–Crippen MR) is 168 cm³/mol. The van der Waals surface area contributed by atoms with E-state index in [0.29, 0.717) is 18.8 Å². The molecule has 0 aliphatic heterocycles. The number of thioether (sulfide) groups is 1. The summed E-state index contributed by atoms with van der Waals surface area (Å²) in [7, 11) is 0. The topological polar surface area (TPSA) is 115 Å². The molecule has 8 nitrogen and oxygen atoms in total. The van der Waals surface area contributed by atoms with Crippen LogP contribution in [0.25, 0.3) is 10.9 Å². The summed E-state index contributed by atoms with van der Waals surface area (Å²) in [6.45, 7) is 4.68. The summed E-state index contributed by atoms with van der Waals surface area (Å²) in [5.41, 5.74) is 5.32. The van der Waals surface area contributed by atoms with Crippen LogP contribution < -0.4 is 5.32 Å². The van der Waals surface area contributed by atoms with Gasteiger partial charge in [0.05, 0.1) is 5.56 Å². The number of rotatable bonds is 11. The number of nitrogens with zero attached hydrogens (tertiary/aromatic N) is 2. The number of carboxylic acids is 1. The molecule has 0 aliphatic rings. The van der Waals surface area contributed by atoms with Crippen molar-refractivity contribution >= 4 is 40.4 Å². The van der Waals surface area contributed by atoms with Gasteiger partial charge in [0, 0.05) is 35.9 Å². The van der Waals surface area contributed by atoms with Crippen LogP contribution in [-0.4, -0.2) is 49.6 Å². The van der Waals surface area contributed by atoms with E-state index < -0.39 is 17.9 Å². The third-order valence-electron chi connectivity index (χ3n) is 7.07. The average molecular weight is 593 g/mol. The third kappa shape index (κ3) is 7.50. The summed E-state index contributed by atoms with van der Waals surface area (Å²) in [6.07, 6.45) is 1.51. The normalized spacial score (nSPS) is 11.7. The molecule has 0 saturated carbocycles. The summed E-state index contributed by atoms with van der Waals surface area (Å²) < 4.78 is 0. The van der Waals surface area contributed by atoms with Crippen LogP contribution in [0.15, 0.2) is 102 Å². The number of carboxylic acid groups (broad SMARTS) is 1. The molecule has 0 saturated heterocycles. The molecule has 0 fully saturated rings. The van der Waals surface area contributed by atoms with Crippen molar-refractivity contribution in [3.8, 4) is 0 Å². The predicted octanol–water partition coefficient (Wildman–Crippen LogP) is 6.00. The van der Waals surface area contributed by atoms with Gasteiger partial charge in [-0.25, -0.2) is 9.78 Å². The number of pyridine rings is 1. The number of amides is 2. The van der Waals surface area contributed by atoms with Crippen molar-refractivity contribution in [1.82, 2.24) is 20.2 Å². The number of H-pyrrole nitrogens is 1. The summed E-state index contributed by atoms with van der Waals surface area (Å²) in [5.74, 6) is -1.74. The summed E-state index contributed by atoms with van der Waals surface area (Å²) >= 11 is 1.12. The van der Waals surface area contributed by atoms with Gasteiger partial charge in [-0.1, -0.05) is 77.9 Å². The Morgan fingerprint density at radius 2 is 1.51 bits per heavy atom. The highest BCUT2D eigenvalue weighted by molar-refractivity contribution is 7.99. The number of carbonyl (C=O) groups excluding carboxylic acids is 2. The number of nitrogens with one attached hydrogen (secondary N) is 2. The van der Waals surface area contributed by atoms with E-state index in [0.717, 1.165) is 44.9 Å². The van der Waals surface area contributed by atoms with Crippen LogP contribution in [-0.2, 0) is 17.9 Å². The van der Waals surface area contributed by atoms with E-state index in [2.05, 4.69) is 15.3 Å². The zero-order valence-corrected chi connectivity index (χ0v) is 24.7. The van der Waals surface area contributed by atoms with Crippen LogP contribution in [0.1, 0.15) is 43.1 Å². The average Bonchev–Trinajstić information content (AvgIpc) is 3.45. The highest BCUT2D eigenvalue weighted by atomic mass is 32.2. The van der Waals surface area contributed by atoms with Crippen LogP contribution >= 0.6 is 11.8 Å². The smallest absolute Gasteiger partial charge is 0.338 e. The van der Waals surface area contributed by atoms with Crippen molar-refractivity contribution in [2.24, 2.45) is 0 Å². The van der Waals surface area contributed by atoms with Gasteiger partial charge < -0.3 is 20.3 Å². The van der Waals surface area contributed by atoms with E-state index in [9.17, 15) is 19.5 Å². The van der Waals surface area contributed by atoms with Crippen LogP contribution in [0, 0.1) is 13.8 Å². The third-order valence-corrected chi connectivity index (χ3v) is 8.16. The van der Waals surface area contributed by atoms with Crippen molar-refractivity contribution in [2.75, 3.05) is 5.75 Å². The molecule has 9 heteroatoms. The number of carbonyl (C=O) groups is 3. The number of benzene rings is 3. The van der Waals surface area contributed by atoms with Gasteiger partial charge in [0.1, 0.15) is 16.8 Å². The second kappa shape index (κ2) is 13.4. The second-order valence-corrected chi connectivity index (χ2v) is 11.4. The van der Waals surface area contributed by atoms with Gasteiger partial charge in [0.15, 0.2) is 0 Å². The lowest BCUT2D eigenvalue weighted by atomic mass is 10.1. The summed E-state index contributed by atoms with van der Waals surface area (Å²) in [4.78, 5) is 48.7. The molecule has 1 atom stereocenters. The van der Waals surface area contributed by atoms with Gasteiger partial charge in [-0.3, -0.25) is 9.59 Å². The lowest BCUT2D eigenvalue weighted by molar-refractivity contribution is -0.134. The van der Waals surface area contributed by atoms with E-state index in [4.69, 9.17) is 0 Å². The number of aromatic amines is 1. The molecule has 3 N–H and O–H groups in total. The Balaban J connectivity index is 1.46. The van der Waals surface area contributed by atoms with Gasteiger partial charge in [-0.2, -0.15) is 0 Å². The van der Waals surface area contributed by atoms with Gasteiger partial charge in [0.2, 0.25) is 5.91 Å². The number of hydrogen-bond donors (Lipinski definition) is 3. The fourth-order valence-electron chi connectivity index (χ4n) is 4.70. The zero-order chi connectivity index (χ0) is 30.3. The van der Waals surface area contributed by atoms with Crippen molar-refractivity contribution in [2.45, 2.75) is 38.0 Å². The number of fused-ring (bicyclic) bond motifs is 1. The van der Waals surface area contributed by atoms with E-state index in [1.54, 1.807) is 17.0 Å². The number of aromatic carboxylic acids is 1. The fraction of sp³-hybridized carbons (Fsp3) is 0.176. The first kappa shape index (κ1) is 29.6. The largest absolute Gasteiger partial charge is 0.478 e. The minimum atomic E-state index is -1.11. The molecule has 0 aliphatic carbocycles. The van der Waals surface area contributed by atoms with E-state index in [1.165, 1.54) is 12.3 Å². The number of para-hydroxylation sites is 1. The number of aromatic nitrogens is 2. The summed E-state index contributed by atoms with van der Waals surface area (Å²) in [5, 5.41) is 13.7. The molecular formula is C34H32N4O4S. The standard InChI is InChI=1S/C34H32N4O4S/c1-22-9-13-24(14-10-22)19-38(20-25-15-11-23(2)12-16-25)33(40)30(21-43-32-27(34(41)42)7-5-17-35-32)37-31(39)29-18-26-6-3-4-8-28(26)36-29/h3-18,30,36H,19-21H2,1-2H3,(H,37,39)(H,41,42)/t30-/m0/s1. The molecule has 5 rings (SSSR count). The number of hydrogen-bond acceptors (Lipinski definition) is 5. The highest BCUT2D eigenvalue weighted by Crippen LogP contribution is 2.23. The first-order chi connectivity index (χ1) is 20.8. The lowest BCUT2D eigenvalue weighted by Crippen LogP contribution is -2.49. The Morgan fingerprint density at radius 1 is 0.884 bits per heavy atom. The maximum Gasteiger partial charge on any atom is 0.338 e. The van der Waals surface area contributed by atoms with Crippen molar-refractivity contribution in [3.05, 3.63) is 131 Å². The molecule has 3 aromatic carbocycles. The van der Waals surface area contributed by atoms with E-state index in [-0.39, 0.29) is 22.2 Å². The summed E-state index contributed by atoms with van der Waals surface area (Å²) in [6, 6.07) is 27.3. The van der Waals surface area contributed by atoms with Crippen molar-refractivity contribution in [3.63, 3.8) is 0 Å². The minimum absolute atomic E-state index is 0.0387. The molecule has 218 valence electrons. The van der Waals surface area contributed by atoms with Crippen molar-refractivity contribution < 1.29 is 19.5 Å². The Kier molecular flexibility index (Phi) is 9.22. The SMILES string of the molecule is Cc1ccc(CN(Cc2ccc(C)cc2)C(=O)[C@H](CSc2ncccc2C(=O)O)NC(=O)c2cc3ccccc3[nH]2)cc1. The molecule has 2 aromatic heterocycles. The monoisotopic (exact) mass is 592 g/mol. The molecule has 0 unspecified atom stereocenters. The van der Waals surface area contributed by atoms with Crippen LogP contribution in [0.2, 0.25) is 0 Å². The maximum absolute atomic E-state index is 14.3. The van der Waals surface area contributed by atoms with Gasteiger partial charge in [-0.15, -0.1) is 11.8 Å². The Bertz CT molecular complexity index is 1670. The second-order valence-electron chi connectivity index (χ2n) is 10.4. The van der Waals surface area contributed by atoms with E-state index in [1.807, 2.05) is 86.6 Å². The van der Waals surface area contributed by atoms with E-state index >= 15 is 0 Å². The van der Waals surface area contributed by atoms with Crippen LogP contribution in [0.4, 0.5) is 0 Å². The van der Waals surface area contributed by atoms with Gasteiger partial charge in [0.25, 0.3) is 5.91 Å². The Labute approximate surface area is 254 Å². The molecule has 0 bridgehead atoms. The highest BCUT2D eigenvalue weighted by Gasteiger charge is 2.28. The molecule has 0 spiro atoms. The van der Waals surface area contributed by atoms with Crippen LogP contribution in [0.3, 0.4) is 0 Å². The lowest BCUT2D eigenvalue weighted by Gasteiger charge is -2.28. The molecule has 0 radical (unpaired) electrons. The maximum atomic E-state index is 14.3. The van der Waals surface area contributed by atoms with Crippen LogP contribution in [0.5, 0.6) is 0 Å². The molecular weight excluding hydrogens is 560 g/mol. The minimum Gasteiger partial charge on any atom is -0.478 e. The Morgan fingerprint density at radius 3 is 2.12 bits per heavy atom. The molecule has 2 amide bonds. The zero-order valence-electron chi connectivity index (χ0n) is 23.9.